The second-order valence-corrected chi connectivity index (χ2v) is 6.08. The van der Waals surface area contributed by atoms with Gasteiger partial charge in [-0.15, -0.1) is 0 Å². The second-order valence-electron chi connectivity index (χ2n) is 5.23. The molecule has 2 heterocycles. The summed E-state index contributed by atoms with van der Waals surface area (Å²) in [6.07, 6.45) is -4.52. The first-order valence-electron chi connectivity index (χ1n) is 6.89. The van der Waals surface area contributed by atoms with Gasteiger partial charge < -0.3 is 9.64 Å². The number of hydrogen-bond acceptors (Lipinski definition) is 4. The van der Waals surface area contributed by atoms with Crippen molar-refractivity contribution in [2.24, 2.45) is 7.05 Å². The van der Waals surface area contributed by atoms with Crippen LogP contribution >= 0.6 is 15.9 Å². The highest BCUT2D eigenvalue weighted by molar-refractivity contribution is 9.10. The molecule has 0 N–H and O–H groups in total. The smallest absolute Gasteiger partial charge is 0.378 e. The number of ether oxygens (including phenoxy) is 1. The number of anilines is 1. The zero-order valence-electron chi connectivity index (χ0n) is 12.2. The third-order valence-electron chi connectivity index (χ3n) is 3.73. The minimum Gasteiger partial charge on any atom is -0.378 e. The molecule has 0 saturated carbocycles. The Morgan fingerprint density at radius 2 is 1.91 bits per heavy atom. The molecule has 1 aliphatic rings. The molecule has 1 fully saturated rings. The van der Waals surface area contributed by atoms with Gasteiger partial charge in [-0.25, -0.2) is 4.98 Å². The maximum Gasteiger partial charge on any atom is 0.416 e. The van der Waals surface area contributed by atoms with Crippen LogP contribution in [0, 0.1) is 0 Å². The van der Waals surface area contributed by atoms with Gasteiger partial charge in [0.25, 0.3) is 5.56 Å². The van der Waals surface area contributed by atoms with E-state index >= 15 is 0 Å². The van der Waals surface area contributed by atoms with Crippen molar-refractivity contribution in [2.45, 2.75) is 6.18 Å². The van der Waals surface area contributed by atoms with Gasteiger partial charge in [0.15, 0.2) is 0 Å². The van der Waals surface area contributed by atoms with E-state index in [9.17, 15) is 18.0 Å². The fourth-order valence-corrected chi connectivity index (χ4v) is 3.08. The van der Waals surface area contributed by atoms with Crippen molar-refractivity contribution in [3.05, 3.63) is 32.5 Å². The molecule has 2 aromatic rings. The molecule has 23 heavy (non-hydrogen) atoms. The van der Waals surface area contributed by atoms with Crippen LogP contribution in [-0.4, -0.2) is 35.9 Å². The molecule has 1 aliphatic heterocycles. The van der Waals surface area contributed by atoms with E-state index in [4.69, 9.17) is 4.74 Å². The molecule has 0 unspecified atom stereocenters. The zero-order chi connectivity index (χ0) is 16.8. The minimum absolute atomic E-state index is 0.0637. The number of fused-ring (bicyclic) bond motifs is 1. The second kappa shape index (κ2) is 5.79. The maximum absolute atomic E-state index is 12.9. The lowest BCUT2D eigenvalue weighted by Gasteiger charge is -2.29. The van der Waals surface area contributed by atoms with E-state index in [0.717, 1.165) is 12.1 Å². The van der Waals surface area contributed by atoms with Gasteiger partial charge in [-0.2, -0.15) is 13.2 Å². The standard InChI is InChI=1S/C14H13BrF3N3O2/c1-20-12(22)9-6-8(14(16,17)18)7-10(15)11(9)19-13(20)21-2-4-23-5-3-21/h6-7H,2-5H2,1H3. The third kappa shape index (κ3) is 2.94. The summed E-state index contributed by atoms with van der Waals surface area (Å²) < 4.78 is 45.5. The molecule has 124 valence electrons. The highest BCUT2D eigenvalue weighted by Gasteiger charge is 2.32. The number of alkyl halides is 3. The molecular weight excluding hydrogens is 379 g/mol. The number of hydrogen-bond donors (Lipinski definition) is 0. The number of aromatic nitrogens is 2. The summed E-state index contributed by atoms with van der Waals surface area (Å²) in [4.78, 5) is 18.8. The number of morpholine rings is 1. The van der Waals surface area contributed by atoms with Crippen LogP contribution in [0.25, 0.3) is 10.9 Å². The molecule has 3 rings (SSSR count). The van der Waals surface area contributed by atoms with E-state index in [1.165, 1.54) is 11.6 Å². The summed E-state index contributed by atoms with van der Waals surface area (Å²) in [6.45, 7) is 2.18. The van der Waals surface area contributed by atoms with E-state index in [0.29, 0.717) is 32.3 Å². The predicted octanol–water partition coefficient (Wildman–Crippen LogP) is 2.55. The SMILES string of the molecule is Cn1c(N2CCOCC2)nc2c(Br)cc(C(F)(F)F)cc2c1=O. The van der Waals surface area contributed by atoms with Gasteiger partial charge in [0, 0.05) is 24.6 Å². The summed E-state index contributed by atoms with van der Waals surface area (Å²) >= 11 is 3.10. The van der Waals surface area contributed by atoms with Crippen molar-refractivity contribution in [3.8, 4) is 0 Å². The fourth-order valence-electron chi connectivity index (χ4n) is 2.53. The minimum atomic E-state index is -4.52. The summed E-state index contributed by atoms with van der Waals surface area (Å²) in [5, 5.41) is -0.0637. The van der Waals surface area contributed by atoms with Crippen molar-refractivity contribution >= 4 is 32.8 Å². The van der Waals surface area contributed by atoms with Crippen molar-refractivity contribution < 1.29 is 17.9 Å². The summed E-state index contributed by atoms with van der Waals surface area (Å²) in [5.41, 5.74) is -1.17. The quantitative estimate of drug-likeness (QED) is 0.749. The third-order valence-corrected chi connectivity index (χ3v) is 4.34. The van der Waals surface area contributed by atoms with Gasteiger partial charge in [-0.05, 0) is 28.1 Å². The van der Waals surface area contributed by atoms with Crippen LogP contribution in [0.5, 0.6) is 0 Å². The van der Waals surface area contributed by atoms with Crippen molar-refractivity contribution in [3.63, 3.8) is 0 Å². The Kier molecular flexibility index (Phi) is 4.09. The van der Waals surface area contributed by atoms with Crippen LogP contribution in [0.2, 0.25) is 0 Å². The van der Waals surface area contributed by atoms with E-state index in [1.807, 2.05) is 4.90 Å². The zero-order valence-corrected chi connectivity index (χ0v) is 13.7. The highest BCUT2D eigenvalue weighted by Crippen LogP contribution is 2.34. The van der Waals surface area contributed by atoms with Crippen LogP contribution in [0.15, 0.2) is 21.4 Å². The molecule has 5 nitrogen and oxygen atoms in total. The van der Waals surface area contributed by atoms with E-state index < -0.39 is 17.3 Å². The van der Waals surface area contributed by atoms with Gasteiger partial charge in [0.05, 0.1) is 29.7 Å². The molecule has 1 aromatic carbocycles. The normalized spacial score (nSPS) is 16.1. The average Bonchev–Trinajstić information content (AvgIpc) is 2.51. The van der Waals surface area contributed by atoms with Gasteiger partial charge in [0.2, 0.25) is 5.95 Å². The Morgan fingerprint density at radius 1 is 1.26 bits per heavy atom. The largest absolute Gasteiger partial charge is 0.416 e. The Morgan fingerprint density at radius 3 is 2.52 bits per heavy atom. The molecule has 1 aromatic heterocycles. The first-order chi connectivity index (χ1) is 10.8. The maximum atomic E-state index is 12.9. The van der Waals surface area contributed by atoms with Gasteiger partial charge in [0.1, 0.15) is 0 Å². The van der Waals surface area contributed by atoms with E-state index in [-0.39, 0.29) is 15.4 Å². The van der Waals surface area contributed by atoms with Crippen LogP contribution < -0.4 is 10.5 Å². The average molecular weight is 392 g/mol. The van der Waals surface area contributed by atoms with Crippen molar-refractivity contribution in [1.82, 2.24) is 9.55 Å². The molecule has 0 radical (unpaired) electrons. The lowest BCUT2D eigenvalue weighted by Crippen LogP contribution is -2.40. The van der Waals surface area contributed by atoms with Gasteiger partial charge in [-0.3, -0.25) is 9.36 Å². The predicted molar refractivity (Wildman–Crippen MR) is 82.7 cm³/mol. The highest BCUT2D eigenvalue weighted by atomic mass is 79.9. The lowest BCUT2D eigenvalue weighted by molar-refractivity contribution is -0.137. The van der Waals surface area contributed by atoms with E-state index in [2.05, 4.69) is 20.9 Å². The monoisotopic (exact) mass is 391 g/mol. The number of halogens is 4. The Balaban J connectivity index is 2.22. The molecule has 0 atom stereocenters. The van der Waals surface area contributed by atoms with Gasteiger partial charge in [-0.1, -0.05) is 0 Å². The summed E-state index contributed by atoms with van der Waals surface area (Å²) in [7, 11) is 1.51. The topological polar surface area (TPSA) is 47.4 Å². The number of nitrogens with zero attached hydrogens (tertiary/aromatic N) is 3. The molecule has 0 amide bonds. The number of rotatable bonds is 1. The first-order valence-corrected chi connectivity index (χ1v) is 7.68. The molecule has 1 saturated heterocycles. The number of benzene rings is 1. The summed E-state index contributed by atoms with van der Waals surface area (Å²) in [6, 6.07) is 1.79. The molecule has 0 spiro atoms. The van der Waals surface area contributed by atoms with Crippen LogP contribution in [0.1, 0.15) is 5.56 Å². The molecular formula is C14H13BrF3N3O2. The molecule has 0 aliphatic carbocycles. The van der Waals surface area contributed by atoms with E-state index in [1.54, 1.807) is 0 Å². The summed E-state index contributed by atoms with van der Waals surface area (Å²) in [5.74, 6) is 0.422. The van der Waals surface area contributed by atoms with Crippen LogP contribution in [-0.2, 0) is 18.0 Å². The van der Waals surface area contributed by atoms with Gasteiger partial charge >= 0.3 is 6.18 Å². The Labute approximate surface area is 137 Å². The first kappa shape index (κ1) is 16.3. The lowest BCUT2D eigenvalue weighted by atomic mass is 10.1. The Bertz CT molecular complexity index is 813. The van der Waals surface area contributed by atoms with Crippen molar-refractivity contribution in [2.75, 3.05) is 31.2 Å². The molecule has 9 heteroatoms. The Hall–Kier alpha value is -1.61. The molecule has 0 bridgehead atoms. The van der Waals surface area contributed by atoms with Crippen molar-refractivity contribution in [1.29, 1.82) is 0 Å². The van der Waals surface area contributed by atoms with Crippen LogP contribution in [0.3, 0.4) is 0 Å². The van der Waals surface area contributed by atoms with Crippen LogP contribution in [0.4, 0.5) is 19.1 Å². The fraction of sp³-hybridized carbons (Fsp3) is 0.429.